The van der Waals surface area contributed by atoms with Crippen LogP contribution in [0.4, 0.5) is 4.39 Å². The number of hydrogen-bond acceptors (Lipinski definition) is 3. The lowest BCUT2D eigenvalue weighted by Gasteiger charge is -2.10. The van der Waals surface area contributed by atoms with Crippen LogP contribution in [0.2, 0.25) is 0 Å². The molecule has 0 spiro atoms. The van der Waals surface area contributed by atoms with E-state index in [0.29, 0.717) is 18.1 Å². The number of ketones is 1. The summed E-state index contributed by atoms with van der Waals surface area (Å²) in [5.74, 6) is 0.213. The van der Waals surface area contributed by atoms with Gasteiger partial charge in [-0.1, -0.05) is 12.1 Å². The molecule has 0 amide bonds. The number of rotatable bonds is 5. The molecule has 0 aliphatic carbocycles. The molecule has 0 N–H and O–H groups in total. The molecule has 0 aliphatic rings. The average Bonchev–Trinajstić information content (AvgIpc) is 2.41. The van der Waals surface area contributed by atoms with Crippen molar-refractivity contribution in [3.63, 3.8) is 0 Å². The number of methoxy groups -OCH3 is 1. The van der Waals surface area contributed by atoms with Crippen molar-refractivity contribution in [2.75, 3.05) is 7.11 Å². The molecule has 0 unspecified atom stereocenters. The topological polar surface area (TPSA) is 35.5 Å². The van der Waals surface area contributed by atoms with E-state index in [4.69, 9.17) is 9.47 Å². The lowest BCUT2D eigenvalue weighted by atomic mass is 10.1. The highest BCUT2D eigenvalue weighted by Crippen LogP contribution is 2.27. The molecule has 2 rings (SSSR count). The predicted octanol–water partition coefficient (Wildman–Crippen LogP) is 3.97. The van der Waals surface area contributed by atoms with Crippen molar-refractivity contribution in [1.29, 1.82) is 0 Å². The third kappa shape index (κ3) is 3.42. The highest BCUT2D eigenvalue weighted by molar-refractivity contribution is 5.96. The lowest BCUT2D eigenvalue weighted by molar-refractivity contribution is 0.101. The minimum Gasteiger partial charge on any atom is -0.457 e. The highest BCUT2D eigenvalue weighted by Gasteiger charge is 2.11. The Kier molecular flexibility index (Phi) is 4.48. The minimum absolute atomic E-state index is 0.224. The van der Waals surface area contributed by atoms with Crippen LogP contribution in [0.25, 0.3) is 0 Å². The molecule has 4 heteroatoms. The Hall–Kier alpha value is -2.20. The number of ether oxygens (including phenoxy) is 2. The minimum atomic E-state index is -0.462. The monoisotopic (exact) mass is 274 g/mol. The third-order valence-corrected chi connectivity index (χ3v) is 2.76. The van der Waals surface area contributed by atoms with E-state index < -0.39 is 5.82 Å². The van der Waals surface area contributed by atoms with Gasteiger partial charge in [-0.2, -0.15) is 0 Å². The quantitative estimate of drug-likeness (QED) is 0.774. The normalized spacial score (nSPS) is 10.3. The summed E-state index contributed by atoms with van der Waals surface area (Å²) >= 11 is 0. The summed E-state index contributed by atoms with van der Waals surface area (Å²) in [5, 5.41) is 0. The molecule has 2 aromatic carbocycles. The summed E-state index contributed by atoms with van der Waals surface area (Å²) in [5.41, 5.74) is 1.18. The second kappa shape index (κ2) is 6.30. The molecule has 0 heterocycles. The van der Waals surface area contributed by atoms with Crippen LogP contribution in [0.15, 0.2) is 42.5 Å². The molecule has 0 aromatic heterocycles. The second-order valence-electron chi connectivity index (χ2n) is 4.38. The SMILES string of the molecule is COCc1cccc(Oc2ccc(F)cc2C(C)=O)c1. The summed E-state index contributed by atoms with van der Waals surface area (Å²) in [6, 6.07) is 11.2. The second-order valence-corrected chi connectivity index (χ2v) is 4.38. The van der Waals surface area contributed by atoms with Crippen LogP contribution in [-0.2, 0) is 11.3 Å². The van der Waals surface area contributed by atoms with Crippen molar-refractivity contribution < 1.29 is 18.7 Å². The first kappa shape index (κ1) is 14.2. The molecule has 0 saturated carbocycles. The highest BCUT2D eigenvalue weighted by atomic mass is 19.1. The zero-order valence-corrected chi connectivity index (χ0v) is 11.4. The Bertz CT molecular complexity index is 623. The zero-order valence-electron chi connectivity index (χ0n) is 11.4. The number of carbonyl (C=O) groups excluding carboxylic acids is 1. The number of hydrogen-bond donors (Lipinski definition) is 0. The van der Waals surface area contributed by atoms with Crippen LogP contribution in [-0.4, -0.2) is 12.9 Å². The van der Waals surface area contributed by atoms with Crippen molar-refractivity contribution in [3.05, 3.63) is 59.4 Å². The van der Waals surface area contributed by atoms with E-state index in [1.807, 2.05) is 18.2 Å². The smallest absolute Gasteiger partial charge is 0.163 e. The van der Waals surface area contributed by atoms with Crippen molar-refractivity contribution in [3.8, 4) is 11.5 Å². The fraction of sp³-hybridized carbons (Fsp3) is 0.188. The van der Waals surface area contributed by atoms with Gasteiger partial charge in [-0.25, -0.2) is 4.39 Å². The van der Waals surface area contributed by atoms with Crippen LogP contribution in [0.5, 0.6) is 11.5 Å². The Morgan fingerprint density at radius 3 is 2.70 bits per heavy atom. The van der Waals surface area contributed by atoms with Gasteiger partial charge >= 0.3 is 0 Å². The number of carbonyl (C=O) groups is 1. The lowest BCUT2D eigenvalue weighted by Crippen LogP contribution is -1.98. The first-order chi connectivity index (χ1) is 9.60. The fourth-order valence-electron chi connectivity index (χ4n) is 1.86. The number of halogens is 1. The molecule has 0 radical (unpaired) electrons. The molecule has 2 aromatic rings. The van der Waals surface area contributed by atoms with Crippen LogP contribution in [0, 0.1) is 5.82 Å². The maximum atomic E-state index is 13.2. The van der Waals surface area contributed by atoms with Gasteiger partial charge in [0.25, 0.3) is 0 Å². The van der Waals surface area contributed by atoms with E-state index in [2.05, 4.69) is 0 Å². The molecular formula is C16H15FO3. The van der Waals surface area contributed by atoms with E-state index in [1.165, 1.54) is 25.1 Å². The molecular weight excluding hydrogens is 259 g/mol. The van der Waals surface area contributed by atoms with Crippen LogP contribution >= 0.6 is 0 Å². The standard InChI is InChI=1S/C16H15FO3/c1-11(18)15-9-13(17)6-7-16(15)20-14-5-3-4-12(8-14)10-19-2/h3-9H,10H2,1-2H3. The van der Waals surface area contributed by atoms with Crippen molar-refractivity contribution in [1.82, 2.24) is 0 Å². The largest absolute Gasteiger partial charge is 0.457 e. The average molecular weight is 274 g/mol. The van der Waals surface area contributed by atoms with Crippen molar-refractivity contribution in [2.45, 2.75) is 13.5 Å². The van der Waals surface area contributed by atoms with Crippen molar-refractivity contribution in [2.24, 2.45) is 0 Å². The third-order valence-electron chi connectivity index (χ3n) is 2.76. The fourth-order valence-corrected chi connectivity index (χ4v) is 1.86. The molecule has 20 heavy (non-hydrogen) atoms. The molecule has 0 saturated heterocycles. The zero-order chi connectivity index (χ0) is 14.5. The Labute approximate surface area is 117 Å². The van der Waals surface area contributed by atoms with E-state index in [0.717, 1.165) is 5.56 Å². The molecule has 3 nitrogen and oxygen atoms in total. The van der Waals surface area contributed by atoms with Gasteiger partial charge in [-0.05, 0) is 42.8 Å². The van der Waals surface area contributed by atoms with Gasteiger partial charge in [0.2, 0.25) is 0 Å². The van der Waals surface area contributed by atoms with Crippen LogP contribution < -0.4 is 4.74 Å². The summed E-state index contributed by atoms with van der Waals surface area (Å²) < 4.78 is 23.9. The van der Waals surface area contributed by atoms with E-state index in [1.54, 1.807) is 13.2 Å². The predicted molar refractivity (Wildman–Crippen MR) is 73.6 cm³/mol. The van der Waals surface area contributed by atoms with Gasteiger partial charge in [-0.15, -0.1) is 0 Å². The van der Waals surface area contributed by atoms with E-state index in [-0.39, 0.29) is 11.3 Å². The van der Waals surface area contributed by atoms with Crippen molar-refractivity contribution >= 4 is 5.78 Å². The van der Waals surface area contributed by atoms with Gasteiger partial charge < -0.3 is 9.47 Å². The molecule has 104 valence electrons. The molecule has 0 aliphatic heterocycles. The Balaban J connectivity index is 2.30. The van der Waals surface area contributed by atoms with Gasteiger partial charge in [0, 0.05) is 7.11 Å². The molecule has 0 bridgehead atoms. The first-order valence-electron chi connectivity index (χ1n) is 6.16. The molecule has 0 fully saturated rings. The summed E-state index contributed by atoms with van der Waals surface area (Å²) in [6.45, 7) is 1.85. The van der Waals surface area contributed by atoms with Gasteiger partial charge in [0.15, 0.2) is 5.78 Å². The first-order valence-corrected chi connectivity index (χ1v) is 6.16. The Morgan fingerprint density at radius 2 is 2.00 bits per heavy atom. The van der Waals surface area contributed by atoms with E-state index >= 15 is 0 Å². The Morgan fingerprint density at radius 1 is 1.20 bits per heavy atom. The summed E-state index contributed by atoms with van der Waals surface area (Å²) in [7, 11) is 1.61. The number of benzene rings is 2. The van der Waals surface area contributed by atoms with Crippen LogP contribution in [0.3, 0.4) is 0 Å². The summed E-state index contributed by atoms with van der Waals surface area (Å²) in [6.07, 6.45) is 0. The maximum absolute atomic E-state index is 13.2. The summed E-state index contributed by atoms with van der Waals surface area (Å²) in [4.78, 5) is 11.5. The van der Waals surface area contributed by atoms with Gasteiger partial charge in [0.05, 0.1) is 12.2 Å². The van der Waals surface area contributed by atoms with Gasteiger partial charge in [0.1, 0.15) is 17.3 Å². The molecule has 0 atom stereocenters. The number of Topliss-reactive ketones (excluding diaryl/α,β-unsaturated/α-hetero) is 1. The van der Waals surface area contributed by atoms with E-state index in [9.17, 15) is 9.18 Å². The van der Waals surface area contributed by atoms with Gasteiger partial charge in [-0.3, -0.25) is 4.79 Å². The van der Waals surface area contributed by atoms with Crippen LogP contribution in [0.1, 0.15) is 22.8 Å². The maximum Gasteiger partial charge on any atom is 0.163 e.